The van der Waals surface area contributed by atoms with Crippen molar-refractivity contribution in [3.63, 3.8) is 0 Å². The minimum atomic E-state index is -0.920. The zero-order chi connectivity index (χ0) is 18.4. The van der Waals surface area contributed by atoms with Crippen LogP contribution in [0.25, 0.3) is 11.2 Å². The van der Waals surface area contributed by atoms with Gasteiger partial charge in [0, 0.05) is 18.7 Å². The second kappa shape index (κ2) is 6.17. The minimum Gasteiger partial charge on any atom is -0.388 e. The zero-order valence-corrected chi connectivity index (χ0v) is 14.8. The Balaban J connectivity index is 1.54. The molecule has 3 aromatic heterocycles. The van der Waals surface area contributed by atoms with Crippen LogP contribution < -0.4 is 5.32 Å². The van der Waals surface area contributed by atoms with Crippen LogP contribution in [0.15, 0.2) is 49.2 Å². The number of fused-ring (bicyclic) bond motifs is 1. The molecule has 4 aromatic rings. The summed E-state index contributed by atoms with van der Waals surface area (Å²) in [6.07, 6.45) is 8.27. The lowest BCUT2D eigenvalue weighted by Crippen LogP contribution is -2.11. The summed E-state index contributed by atoms with van der Waals surface area (Å²) in [4.78, 5) is 8.78. The molecule has 27 heavy (non-hydrogen) atoms. The molecule has 1 aromatic carbocycles. The molecule has 8 nitrogen and oxygen atoms in total. The second-order valence-corrected chi connectivity index (χ2v) is 6.78. The third-order valence-electron chi connectivity index (χ3n) is 4.96. The summed E-state index contributed by atoms with van der Waals surface area (Å²) in [6.45, 7) is 0. The molecule has 136 valence electrons. The summed E-state index contributed by atoms with van der Waals surface area (Å²) in [7, 11) is 1.88. The number of aromatic nitrogens is 6. The molecular weight excluding hydrogens is 342 g/mol. The van der Waals surface area contributed by atoms with E-state index in [-0.39, 0.29) is 0 Å². The highest BCUT2D eigenvalue weighted by Crippen LogP contribution is 2.42. The Kier molecular flexibility index (Phi) is 3.64. The lowest BCUT2D eigenvalue weighted by molar-refractivity contribution is 0.206. The maximum absolute atomic E-state index is 11.1. The first kappa shape index (κ1) is 16.0. The molecule has 1 atom stereocenters. The number of rotatable bonds is 5. The van der Waals surface area contributed by atoms with Crippen molar-refractivity contribution < 1.29 is 5.11 Å². The SMILES string of the molecule is CNc1ccc(-n2cc([C@H](O)c3c(C4CC4)ncc4cncn34)nn2)cc1. The Labute approximate surface area is 155 Å². The molecule has 0 bridgehead atoms. The first-order valence-electron chi connectivity index (χ1n) is 8.94. The van der Waals surface area contributed by atoms with Crippen molar-refractivity contribution in [1.29, 1.82) is 0 Å². The number of hydrogen-bond acceptors (Lipinski definition) is 6. The van der Waals surface area contributed by atoms with Crippen LogP contribution in [0, 0.1) is 0 Å². The fourth-order valence-corrected chi connectivity index (χ4v) is 3.32. The average Bonchev–Trinajstić information content (AvgIpc) is 3.24. The molecule has 1 fully saturated rings. The number of imidazole rings is 1. The number of aliphatic hydroxyl groups is 1. The van der Waals surface area contributed by atoms with Gasteiger partial charge in [0.05, 0.1) is 47.5 Å². The van der Waals surface area contributed by atoms with Crippen molar-refractivity contribution in [2.24, 2.45) is 0 Å². The van der Waals surface area contributed by atoms with Gasteiger partial charge >= 0.3 is 0 Å². The molecule has 8 heteroatoms. The standard InChI is InChI=1S/C19H19N7O/c1-20-13-4-6-14(7-5-13)26-10-16(23-24-26)19(27)18-17(12-2-3-12)22-9-15-8-21-11-25(15)18/h4-12,19-20,27H,2-3H2,1H3/t19-/m0/s1. The van der Waals surface area contributed by atoms with Crippen molar-refractivity contribution >= 4 is 11.2 Å². The number of anilines is 1. The van der Waals surface area contributed by atoms with E-state index in [1.54, 1.807) is 29.6 Å². The van der Waals surface area contributed by atoms with Gasteiger partial charge in [-0.15, -0.1) is 5.10 Å². The number of hydrogen-bond donors (Lipinski definition) is 2. The predicted octanol–water partition coefficient (Wildman–Crippen LogP) is 2.31. The molecule has 5 rings (SSSR count). The van der Waals surface area contributed by atoms with E-state index in [0.29, 0.717) is 11.6 Å². The van der Waals surface area contributed by atoms with Crippen molar-refractivity contribution in [1.82, 2.24) is 29.4 Å². The van der Waals surface area contributed by atoms with Crippen LogP contribution in [0.1, 0.15) is 41.9 Å². The first-order chi connectivity index (χ1) is 13.2. The summed E-state index contributed by atoms with van der Waals surface area (Å²) in [6, 6.07) is 7.83. The van der Waals surface area contributed by atoms with E-state index >= 15 is 0 Å². The van der Waals surface area contributed by atoms with E-state index in [9.17, 15) is 5.11 Å². The zero-order valence-electron chi connectivity index (χ0n) is 14.8. The fraction of sp³-hybridized carbons (Fsp3) is 0.263. The van der Waals surface area contributed by atoms with Crippen LogP contribution >= 0.6 is 0 Å². The molecule has 1 saturated carbocycles. The molecule has 0 spiro atoms. The van der Waals surface area contributed by atoms with E-state index in [2.05, 4.69) is 25.6 Å². The molecule has 1 aliphatic carbocycles. The molecule has 0 radical (unpaired) electrons. The van der Waals surface area contributed by atoms with Gasteiger partial charge in [0.15, 0.2) is 0 Å². The van der Waals surface area contributed by atoms with Gasteiger partial charge in [-0.25, -0.2) is 9.67 Å². The van der Waals surface area contributed by atoms with E-state index in [0.717, 1.165) is 41.1 Å². The maximum atomic E-state index is 11.1. The van der Waals surface area contributed by atoms with Crippen LogP contribution in [-0.4, -0.2) is 41.5 Å². The molecule has 0 saturated heterocycles. The lowest BCUT2D eigenvalue weighted by atomic mass is 10.1. The van der Waals surface area contributed by atoms with Crippen LogP contribution in [0.4, 0.5) is 5.69 Å². The predicted molar refractivity (Wildman–Crippen MR) is 99.9 cm³/mol. The highest BCUT2D eigenvalue weighted by molar-refractivity contribution is 5.48. The number of nitrogens with one attached hydrogen (secondary N) is 1. The van der Waals surface area contributed by atoms with Crippen molar-refractivity contribution in [2.75, 3.05) is 12.4 Å². The monoisotopic (exact) mass is 361 g/mol. The molecule has 0 aliphatic heterocycles. The minimum absolute atomic E-state index is 0.394. The Hall–Kier alpha value is -3.26. The normalized spacial score (nSPS) is 15.2. The van der Waals surface area contributed by atoms with Gasteiger partial charge < -0.3 is 10.4 Å². The van der Waals surface area contributed by atoms with Gasteiger partial charge in [-0.1, -0.05) is 5.21 Å². The number of benzene rings is 1. The van der Waals surface area contributed by atoms with Gasteiger partial charge in [-0.05, 0) is 37.1 Å². The van der Waals surface area contributed by atoms with Gasteiger partial charge in [-0.2, -0.15) is 0 Å². The second-order valence-electron chi connectivity index (χ2n) is 6.78. The Morgan fingerprint density at radius 1 is 1.19 bits per heavy atom. The summed E-state index contributed by atoms with van der Waals surface area (Å²) < 4.78 is 3.56. The summed E-state index contributed by atoms with van der Waals surface area (Å²) >= 11 is 0. The molecule has 3 heterocycles. The van der Waals surface area contributed by atoms with Crippen LogP contribution in [0.5, 0.6) is 0 Å². The van der Waals surface area contributed by atoms with Gasteiger partial charge in [0.25, 0.3) is 0 Å². The smallest absolute Gasteiger partial charge is 0.142 e. The van der Waals surface area contributed by atoms with E-state index in [4.69, 9.17) is 0 Å². The van der Waals surface area contributed by atoms with Crippen molar-refractivity contribution in [3.8, 4) is 5.69 Å². The molecule has 2 N–H and O–H groups in total. The third-order valence-corrected chi connectivity index (χ3v) is 4.96. The van der Waals surface area contributed by atoms with Crippen LogP contribution in [0.3, 0.4) is 0 Å². The van der Waals surface area contributed by atoms with E-state index < -0.39 is 6.10 Å². The third kappa shape index (κ3) is 2.74. The van der Waals surface area contributed by atoms with Gasteiger partial charge in [-0.3, -0.25) is 9.38 Å². The molecular formula is C19H19N7O. The quantitative estimate of drug-likeness (QED) is 0.567. The highest BCUT2D eigenvalue weighted by atomic mass is 16.3. The average molecular weight is 361 g/mol. The Morgan fingerprint density at radius 2 is 2.00 bits per heavy atom. The molecule has 0 unspecified atom stereocenters. The number of nitrogens with zero attached hydrogens (tertiary/aromatic N) is 6. The Bertz CT molecular complexity index is 1090. The topological polar surface area (TPSA) is 93.2 Å². The van der Waals surface area contributed by atoms with Crippen molar-refractivity contribution in [2.45, 2.75) is 24.9 Å². The van der Waals surface area contributed by atoms with Gasteiger partial charge in [0.2, 0.25) is 0 Å². The summed E-state index contributed by atoms with van der Waals surface area (Å²) in [5.74, 6) is 0.394. The van der Waals surface area contributed by atoms with E-state index in [1.807, 2.05) is 35.7 Å². The summed E-state index contributed by atoms with van der Waals surface area (Å²) in [5.41, 5.74) is 4.87. The van der Waals surface area contributed by atoms with Crippen LogP contribution in [-0.2, 0) is 0 Å². The fourth-order valence-electron chi connectivity index (χ4n) is 3.32. The summed E-state index contributed by atoms with van der Waals surface area (Å²) in [5, 5.41) is 22.6. The van der Waals surface area contributed by atoms with Crippen LogP contribution in [0.2, 0.25) is 0 Å². The van der Waals surface area contributed by atoms with Gasteiger partial charge in [0.1, 0.15) is 11.8 Å². The molecule has 0 amide bonds. The van der Waals surface area contributed by atoms with E-state index in [1.165, 1.54) is 0 Å². The largest absolute Gasteiger partial charge is 0.388 e. The first-order valence-corrected chi connectivity index (χ1v) is 8.94. The molecule has 1 aliphatic rings. The number of aliphatic hydroxyl groups excluding tert-OH is 1. The maximum Gasteiger partial charge on any atom is 0.142 e. The highest BCUT2D eigenvalue weighted by Gasteiger charge is 2.32. The Morgan fingerprint density at radius 3 is 2.74 bits per heavy atom. The van der Waals surface area contributed by atoms with Crippen molar-refractivity contribution in [3.05, 3.63) is 66.3 Å². The lowest BCUT2D eigenvalue weighted by Gasteiger charge is -2.15.